The summed E-state index contributed by atoms with van der Waals surface area (Å²) in [5.41, 5.74) is 1.14. The molecule has 166 valence electrons. The van der Waals surface area contributed by atoms with E-state index in [9.17, 15) is 9.59 Å². The zero-order valence-corrected chi connectivity index (χ0v) is 18.2. The van der Waals surface area contributed by atoms with Gasteiger partial charge in [0.2, 0.25) is 5.91 Å². The van der Waals surface area contributed by atoms with E-state index in [1.165, 1.54) is 64.2 Å². The smallest absolute Gasteiger partial charge is 0.326 e. The molecular weight excluding hydrogens is 368 g/mol. The number of hydrogen-bond acceptors (Lipinski definition) is 5. The highest BCUT2D eigenvalue weighted by molar-refractivity contribution is 5.87. The van der Waals surface area contributed by atoms with Gasteiger partial charge in [-0.25, -0.2) is 4.79 Å². The largest absolute Gasteiger partial charge is 0.480 e. The van der Waals surface area contributed by atoms with Gasteiger partial charge in [-0.1, -0.05) is 77.6 Å². The van der Waals surface area contributed by atoms with Crippen molar-refractivity contribution in [3.8, 4) is 0 Å². The maximum atomic E-state index is 11.7. The molecule has 29 heavy (non-hydrogen) atoms. The third kappa shape index (κ3) is 13.9. The second kappa shape index (κ2) is 17.1. The molecule has 1 aliphatic rings. The highest BCUT2D eigenvalue weighted by Gasteiger charge is 2.16. The summed E-state index contributed by atoms with van der Waals surface area (Å²) in [5, 5.41) is 23.0. The third-order valence-corrected chi connectivity index (χ3v) is 5.41. The molecule has 0 spiro atoms. The van der Waals surface area contributed by atoms with Crippen molar-refractivity contribution in [3.63, 3.8) is 0 Å². The number of carboxylic acid groups (broad SMARTS) is 1. The van der Waals surface area contributed by atoms with E-state index in [4.69, 9.17) is 5.11 Å². The van der Waals surface area contributed by atoms with Gasteiger partial charge in [-0.05, 0) is 30.9 Å². The second-order valence-corrected chi connectivity index (χ2v) is 8.02. The van der Waals surface area contributed by atoms with Crippen LogP contribution in [0.5, 0.6) is 0 Å². The maximum Gasteiger partial charge on any atom is 0.326 e. The van der Waals surface area contributed by atoms with E-state index in [0.717, 1.165) is 31.4 Å². The lowest BCUT2D eigenvalue weighted by Gasteiger charge is -2.11. The van der Waals surface area contributed by atoms with Gasteiger partial charge in [0.15, 0.2) is 0 Å². The van der Waals surface area contributed by atoms with Gasteiger partial charge in [0.25, 0.3) is 0 Å². The summed E-state index contributed by atoms with van der Waals surface area (Å²) in [6, 6.07) is -0.748. The van der Waals surface area contributed by atoms with E-state index in [0.29, 0.717) is 19.4 Å². The second-order valence-electron chi connectivity index (χ2n) is 8.02. The molecule has 0 bridgehead atoms. The molecule has 0 aromatic heterocycles. The zero-order valence-electron chi connectivity index (χ0n) is 18.2. The molecule has 0 fully saturated rings. The van der Waals surface area contributed by atoms with Crippen molar-refractivity contribution in [1.29, 1.82) is 0 Å². The Morgan fingerprint density at radius 3 is 1.86 bits per heavy atom. The minimum atomic E-state index is -0.955. The topological polar surface area (TPSA) is 103 Å². The lowest BCUT2D eigenvalue weighted by Crippen LogP contribution is -2.40. The van der Waals surface area contributed by atoms with E-state index in [-0.39, 0.29) is 5.91 Å². The van der Waals surface area contributed by atoms with Crippen LogP contribution >= 0.6 is 0 Å². The first-order valence-corrected chi connectivity index (χ1v) is 11.6. The standard InChI is InChI=1S/C22H40N4O3/c1-2-20(22(28)29)24-21(27)17-15-13-11-9-7-5-3-4-6-8-10-12-14-16-19-18-23-26-25-19/h20H,2-18H2,1H3,(H,24,27)(H,28,29). The molecular formula is C22H40N4O3. The monoisotopic (exact) mass is 408 g/mol. The summed E-state index contributed by atoms with van der Waals surface area (Å²) in [6.45, 7) is 2.48. The molecule has 2 N–H and O–H groups in total. The van der Waals surface area contributed by atoms with Gasteiger partial charge in [0, 0.05) is 6.42 Å². The van der Waals surface area contributed by atoms with Gasteiger partial charge >= 0.3 is 5.97 Å². The molecule has 1 unspecified atom stereocenters. The van der Waals surface area contributed by atoms with E-state index in [2.05, 4.69) is 20.8 Å². The van der Waals surface area contributed by atoms with Crippen LogP contribution in [-0.2, 0) is 9.59 Å². The Hall–Kier alpha value is -1.79. The fourth-order valence-corrected chi connectivity index (χ4v) is 3.53. The number of nitrogens with one attached hydrogen (secondary N) is 1. The zero-order chi connectivity index (χ0) is 21.2. The summed E-state index contributed by atoms with van der Waals surface area (Å²) < 4.78 is 0. The van der Waals surface area contributed by atoms with Crippen LogP contribution in [0.2, 0.25) is 0 Å². The molecule has 1 heterocycles. The minimum Gasteiger partial charge on any atom is -0.480 e. The number of amides is 1. The van der Waals surface area contributed by atoms with Gasteiger partial charge in [-0.15, -0.1) is 5.10 Å². The maximum absolute atomic E-state index is 11.7. The average Bonchev–Trinajstić information content (AvgIpc) is 3.22. The number of carboxylic acids is 1. The first-order valence-electron chi connectivity index (χ1n) is 11.6. The highest BCUT2D eigenvalue weighted by Crippen LogP contribution is 2.14. The van der Waals surface area contributed by atoms with E-state index in [1.54, 1.807) is 6.92 Å². The molecule has 0 aromatic carbocycles. The molecule has 0 aliphatic carbocycles. The first kappa shape index (κ1) is 25.2. The van der Waals surface area contributed by atoms with Crippen LogP contribution in [0.1, 0.15) is 110 Å². The first-order chi connectivity index (χ1) is 14.1. The molecule has 0 saturated carbocycles. The summed E-state index contributed by atoms with van der Waals surface area (Å²) in [5.74, 6) is -1.10. The van der Waals surface area contributed by atoms with Crippen LogP contribution in [0.3, 0.4) is 0 Å². The summed E-state index contributed by atoms with van der Waals surface area (Å²) in [7, 11) is 0. The van der Waals surface area contributed by atoms with Gasteiger partial charge in [-0.3, -0.25) is 4.79 Å². The molecule has 1 aliphatic heterocycles. The number of carbonyl (C=O) groups is 2. The highest BCUT2D eigenvalue weighted by atomic mass is 16.4. The number of carbonyl (C=O) groups excluding carboxylic acids is 1. The molecule has 1 atom stereocenters. The average molecular weight is 409 g/mol. The fourth-order valence-electron chi connectivity index (χ4n) is 3.53. The van der Waals surface area contributed by atoms with Gasteiger partial charge < -0.3 is 10.4 Å². The number of unbranched alkanes of at least 4 members (excludes halogenated alkanes) is 12. The number of aliphatic carboxylic acids is 1. The van der Waals surface area contributed by atoms with Crippen LogP contribution in [0, 0.1) is 0 Å². The molecule has 1 rings (SSSR count). The van der Waals surface area contributed by atoms with Crippen LogP contribution in [-0.4, -0.2) is 35.3 Å². The normalized spacial score (nSPS) is 14.0. The van der Waals surface area contributed by atoms with Crippen molar-refractivity contribution in [2.45, 2.75) is 116 Å². The summed E-state index contributed by atoms with van der Waals surface area (Å²) in [4.78, 5) is 22.6. The van der Waals surface area contributed by atoms with Crippen molar-refractivity contribution in [2.24, 2.45) is 15.4 Å². The number of rotatable bonds is 19. The molecule has 1 amide bonds. The van der Waals surface area contributed by atoms with Gasteiger partial charge in [-0.2, -0.15) is 5.11 Å². The molecule has 7 nitrogen and oxygen atoms in total. The SMILES string of the molecule is CCC(NC(=O)CCCCCCCCCCCCCCCC1=NN=NC1)C(=O)O. The molecule has 0 radical (unpaired) electrons. The van der Waals surface area contributed by atoms with Crippen LogP contribution < -0.4 is 5.32 Å². The molecule has 0 saturated heterocycles. The fraction of sp³-hybridized carbons (Fsp3) is 0.864. The van der Waals surface area contributed by atoms with Crippen molar-refractivity contribution in [1.82, 2.24) is 5.32 Å². The van der Waals surface area contributed by atoms with E-state index >= 15 is 0 Å². The Balaban J connectivity index is 1.76. The van der Waals surface area contributed by atoms with Crippen LogP contribution in [0.15, 0.2) is 15.4 Å². The van der Waals surface area contributed by atoms with Crippen molar-refractivity contribution in [3.05, 3.63) is 0 Å². The summed E-state index contributed by atoms with van der Waals surface area (Å²) in [6.07, 6.45) is 18.0. The Bertz CT molecular complexity index is 520. The van der Waals surface area contributed by atoms with Crippen LogP contribution in [0.25, 0.3) is 0 Å². The van der Waals surface area contributed by atoms with Gasteiger partial charge in [0.05, 0.1) is 5.71 Å². The van der Waals surface area contributed by atoms with Crippen LogP contribution in [0.4, 0.5) is 0 Å². The van der Waals surface area contributed by atoms with Gasteiger partial charge in [0.1, 0.15) is 12.6 Å². The predicted molar refractivity (Wildman–Crippen MR) is 116 cm³/mol. The molecule has 7 heteroatoms. The lowest BCUT2D eigenvalue weighted by molar-refractivity contribution is -0.141. The number of nitrogens with zero attached hydrogens (tertiary/aromatic N) is 3. The minimum absolute atomic E-state index is 0.141. The number of hydrogen-bond donors (Lipinski definition) is 2. The van der Waals surface area contributed by atoms with E-state index < -0.39 is 12.0 Å². The Labute approximate surface area is 175 Å². The Morgan fingerprint density at radius 2 is 1.41 bits per heavy atom. The predicted octanol–water partition coefficient (Wildman–Crippen LogP) is 5.64. The van der Waals surface area contributed by atoms with Crippen molar-refractivity contribution < 1.29 is 14.7 Å². The third-order valence-electron chi connectivity index (χ3n) is 5.41. The van der Waals surface area contributed by atoms with Crippen molar-refractivity contribution >= 4 is 17.6 Å². The van der Waals surface area contributed by atoms with E-state index in [1.807, 2.05) is 0 Å². The Morgan fingerprint density at radius 1 is 0.897 bits per heavy atom. The quantitative estimate of drug-likeness (QED) is 0.270. The summed E-state index contributed by atoms with van der Waals surface area (Å²) >= 11 is 0. The Kier molecular flexibility index (Phi) is 14.9. The lowest BCUT2D eigenvalue weighted by atomic mass is 10.0. The van der Waals surface area contributed by atoms with Crippen molar-refractivity contribution in [2.75, 3.05) is 6.54 Å². The molecule has 0 aromatic rings.